The Morgan fingerprint density at radius 2 is 1.67 bits per heavy atom. The highest BCUT2D eigenvalue weighted by molar-refractivity contribution is 6.30. The highest BCUT2D eigenvalue weighted by Gasteiger charge is 2.06. The van der Waals surface area contributed by atoms with E-state index in [9.17, 15) is 4.79 Å². The van der Waals surface area contributed by atoms with Crippen LogP contribution in [0.5, 0.6) is 0 Å². The fourth-order valence-corrected chi connectivity index (χ4v) is 2.33. The number of rotatable bonds is 1. The summed E-state index contributed by atoms with van der Waals surface area (Å²) in [4.78, 5) is 11.7. The van der Waals surface area contributed by atoms with Gasteiger partial charge in [0.1, 0.15) is 5.15 Å². The number of hydrogen-bond donors (Lipinski definition) is 0. The molecule has 0 saturated carbocycles. The van der Waals surface area contributed by atoms with Gasteiger partial charge in [-0.2, -0.15) is 0 Å². The Labute approximate surface area is 109 Å². The van der Waals surface area contributed by atoms with Gasteiger partial charge in [-0.25, -0.2) is 0 Å². The Morgan fingerprint density at radius 3 is 2.44 bits per heavy atom. The van der Waals surface area contributed by atoms with Gasteiger partial charge in [-0.05, 0) is 17.7 Å². The third-order valence-corrected chi connectivity index (χ3v) is 3.15. The van der Waals surface area contributed by atoms with E-state index in [0.29, 0.717) is 5.15 Å². The van der Waals surface area contributed by atoms with E-state index in [4.69, 9.17) is 11.6 Å². The van der Waals surface area contributed by atoms with E-state index in [1.807, 2.05) is 52.9 Å². The van der Waals surface area contributed by atoms with Crippen LogP contribution >= 0.6 is 11.6 Å². The molecule has 3 heteroatoms. The summed E-state index contributed by atoms with van der Waals surface area (Å²) in [6.07, 6.45) is 0. The first-order valence-electron chi connectivity index (χ1n) is 5.62. The van der Waals surface area contributed by atoms with Crippen molar-refractivity contribution in [3.8, 4) is 11.3 Å². The van der Waals surface area contributed by atoms with Crippen LogP contribution in [0.2, 0.25) is 5.15 Å². The van der Waals surface area contributed by atoms with Crippen LogP contribution in [0.4, 0.5) is 0 Å². The molecule has 0 saturated heterocycles. The Balaban J connectivity index is 2.45. The van der Waals surface area contributed by atoms with Crippen molar-refractivity contribution in [1.29, 1.82) is 0 Å². The molecule has 0 radical (unpaired) electrons. The van der Waals surface area contributed by atoms with E-state index in [0.717, 1.165) is 16.8 Å². The molecule has 88 valence electrons. The summed E-state index contributed by atoms with van der Waals surface area (Å²) in [6.45, 7) is 0. The van der Waals surface area contributed by atoms with Crippen molar-refractivity contribution in [2.75, 3.05) is 0 Å². The zero-order valence-electron chi connectivity index (χ0n) is 9.51. The fraction of sp³-hybridized carbons (Fsp3) is 0. The fourth-order valence-electron chi connectivity index (χ4n) is 2.07. The summed E-state index contributed by atoms with van der Waals surface area (Å²) in [5.41, 5.74) is 2.56. The average molecular weight is 256 g/mol. The monoisotopic (exact) mass is 255 g/mol. The van der Waals surface area contributed by atoms with E-state index in [1.165, 1.54) is 0 Å². The summed E-state index contributed by atoms with van der Waals surface area (Å²) in [6, 6.07) is 18.5. The van der Waals surface area contributed by atoms with Crippen LogP contribution in [0.3, 0.4) is 0 Å². The van der Waals surface area contributed by atoms with Crippen molar-refractivity contribution in [2.24, 2.45) is 0 Å². The number of benzene rings is 1. The summed E-state index contributed by atoms with van der Waals surface area (Å²) in [7, 11) is 0. The minimum atomic E-state index is -0.0175. The van der Waals surface area contributed by atoms with Gasteiger partial charge in [0, 0.05) is 12.1 Å². The van der Waals surface area contributed by atoms with Crippen LogP contribution in [-0.2, 0) is 0 Å². The second kappa shape index (κ2) is 4.31. The van der Waals surface area contributed by atoms with Crippen molar-refractivity contribution in [3.63, 3.8) is 0 Å². The van der Waals surface area contributed by atoms with Crippen molar-refractivity contribution in [1.82, 2.24) is 4.40 Å². The Morgan fingerprint density at radius 1 is 0.889 bits per heavy atom. The van der Waals surface area contributed by atoms with Crippen molar-refractivity contribution >= 4 is 17.1 Å². The van der Waals surface area contributed by atoms with Crippen LogP contribution in [0.1, 0.15) is 0 Å². The Hall–Kier alpha value is -2.06. The molecule has 2 heterocycles. The molecule has 0 spiro atoms. The average Bonchev–Trinajstić information content (AvgIpc) is 2.39. The molecular weight excluding hydrogens is 246 g/mol. The highest BCUT2D eigenvalue weighted by atomic mass is 35.5. The zero-order chi connectivity index (χ0) is 12.5. The number of pyridine rings is 2. The minimum absolute atomic E-state index is 0.0175. The molecule has 0 unspecified atom stereocenters. The van der Waals surface area contributed by atoms with E-state index in [2.05, 4.69) is 0 Å². The predicted octanol–water partition coefficient (Wildman–Crippen LogP) is 3.62. The summed E-state index contributed by atoms with van der Waals surface area (Å²) < 4.78 is 1.87. The van der Waals surface area contributed by atoms with Gasteiger partial charge in [-0.1, -0.05) is 48.0 Å². The molecule has 0 bridgehead atoms. The largest absolute Gasteiger partial charge is 0.300 e. The molecule has 2 nitrogen and oxygen atoms in total. The smallest absolute Gasteiger partial charge is 0.182 e. The molecule has 1 aromatic carbocycles. The molecular formula is C15H10ClNO. The molecule has 2 aromatic heterocycles. The predicted molar refractivity (Wildman–Crippen MR) is 74.1 cm³/mol. The maximum absolute atomic E-state index is 11.7. The Kier molecular flexibility index (Phi) is 2.65. The minimum Gasteiger partial charge on any atom is -0.300 e. The Bertz CT molecular complexity index is 762. The van der Waals surface area contributed by atoms with Crippen molar-refractivity contribution in [2.45, 2.75) is 0 Å². The first-order chi connectivity index (χ1) is 8.75. The van der Waals surface area contributed by atoms with Gasteiger partial charge in [-0.3, -0.25) is 9.20 Å². The molecule has 0 aliphatic heterocycles. The zero-order valence-corrected chi connectivity index (χ0v) is 10.3. The summed E-state index contributed by atoms with van der Waals surface area (Å²) >= 11 is 6.23. The molecule has 3 aromatic rings. The molecule has 0 aliphatic rings. The van der Waals surface area contributed by atoms with Gasteiger partial charge in [0.25, 0.3) is 0 Å². The maximum atomic E-state index is 11.7. The van der Waals surface area contributed by atoms with Gasteiger partial charge in [0.2, 0.25) is 0 Å². The standard InChI is InChI=1S/C15H10ClNO/c16-15-8-4-7-12-9-13(18)10-14(17(12)15)11-5-2-1-3-6-11/h1-10H. The van der Waals surface area contributed by atoms with E-state index < -0.39 is 0 Å². The second-order valence-electron chi connectivity index (χ2n) is 4.05. The molecule has 0 fully saturated rings. The van der Waals surface area contributed by atoms with Crippen LogP contribution in [-0.4, -0.2) is 4.40 Å². The van der Waals surface area contributed by atoms with E-state index >= 15 is 0 Å². The molecule has 0 amide bonds. The lowest BCUT2D eigenvalue weighted by molar-refractivity contribution is 1.16. The lowest BCUT2D eigenvalue weighted by atomic mass is 10.1. The number of hydrogen-bond acceptors (Lipinski definition) is 1. The van der Waals surface area contributed by atoms with E-state index in [1.54, 1.807) is 12.1 Å². The SMILES string of the molecule is O=c1cc(-c2ccccc2)n2c(Cl)cccc2c1. The third kappa shape index (κ3) is 1.81. The van der Waals surface area contributed by atoms with Crippen molar-refractivity contribution < 1.29 is 0 Å². The van der Waals surface area contributed by atoms with Gasteiger partial charge in [-0.15, -0.1) is 0 Å². The van der Waals surface area contributed by atoms with Crippen LogP contribution < -0.4 is 5.43 Å². The van der Waals surface area contributed by atoms with Crippen LogP contribution in [0.25, 0.3) is 16.8 Å². The van der Waals surface area contributed by atoms with Gasteiger partial charge in [0.15, 0.2) is 5.43 Å². The number of aromatic nitrogens is 1. The van der Waals surface area contributed by atoms with Gasteiger partial charge >= 0.3 is 0 Å². The lowest BCUT2D eigenvalue weighted by Crippen LogP contribution is -2.05. The van der Waals surface area contributed by atoms with Gasteiger partial charge < -0.3 is 0 Å². The first kappa shape index (κ1) is 11.1. The molecule has 18 heavy (non-hydrogen) atoms. The maximum Gasteiger partial charge on any atom is 0.182 e. The number of fused-ring (bicyclic) bond motifs is 1. The summed E-state index contributed by atoms with van der Waals surface area (Å²) in [5, 5.41) is 0.589. The number of nitrogens with zero attached hydrogens (tertiary/aromatic N) is 1. The molecule has 0 aliphatic carbocycles. The topological polar surface area (TPSA) is 21.5 Å². The van der Waals surface area contributed by atoms with Crippen LogP contribution in [0, 0.1) is 0 Å². The molecule has 3 rings (SSSR count). The third-order valence-electron chi connectivity index (χ3n) is 2.85. The lowest BCUT2D eigenvalue weighted by Gasteiger charge is -2.10. The molecule has 0 atom stereocenters. The normalized spacial score (nSPS) is 10.7. The first-order valence-corrected chi connectivity index (χ1v) is 6.00. The summed E-state index contributed by atoms with van der Waals surface area (Å²) in [5.74, 6) is 0. The van der Waals surface area contributed by atoms with Crippen molar-refractivity contribution in [3.05, 3.63) is 76.0 Å². The quantitative estimate of drug-likeness (QED) is 0.609. The highest BCUT2D eigenvalue weighted by Crippen LogP contribution is 2.22. The van der Waals surface area contributed by atoms with Gasteiger partial charge in [0.05, 0.1) is 11.2 Å². The number of halogens is 1. The second-order valence-corrected chi connectivity index (χ2v) is 4.44. The van der Waals surface area contributed by atoms with E-state index in [-0.39, 0.29) is 5.43 Å². The molecule has 0 N–H and O–H groups in total. The van der Waals surface area contributed by atoms with Crippen LogP contribution in [0.15, 0.2) is 65.5 Å².